The fraction of sp³-hybridized carbons (Fsp3) is 0.440. The zero-order valence-electron chi connectivity index (χ0n) is 18.6. The maximum Gasteiger partial charge on any atom is 0.251 e. The SMILES string of the molecule is CCOc1ccc(C(=O)NC(C(=O)NC2CCN(Cc3ccccc3)C2)C(C)C)cc1. The molecule has 0 saturated carbocycles. The first-order valence-electron chi connectivity index (χ1n) is 11.1. The van der Waals surface area contributed by atoms with E-state index in [1.165, 1.54) is 5.56 Å². The van der Waals surface area contributed by atoms with Crippen LogP contribution in [0.3, 0.4) is 0 Å². The molecule has 1 saturated heterocycles. The molecule has 6 nitrogen and oxygen atoms in total. The fourth-order valence-electron chi connectivity index (χ4n) is 3.86. The predicted octanol–water partition coefficient (Wildman–Crippen LogP) is 3.23. The van der Waals surface area contributed by atoms with Gasteiger partial charge in [0.15, 0.2) is 0 Å². The first kappa shape index (κ1) is 22.8. The Morgan fingerprint density at radius 1 is 1.10 bits per heavy atom. The van der Waals surface area contributed by atoms with Crippen molar-refractivity contribution in [3.05, 3.63) is 65.7 Å². The van der Waals surface area contributed by atoms with Crippen molar-refractivity contribution in [3.63, 3.8) is 0 Å². The molecule has 166 valence electrons. The van der Waals surface area contributed by atoms with Crippen molar-refractivity contribution < 1.29 is 14.3 Å². The van der Waals surface area contributed by atoms with E-state index in [9.17, 15) is 9.59 Å². The average molecular weight is 424 g/mol. The Kier molecular flexibility index (Phi) is 8.06. The molecular weight excluding hydrogens is 390 g/mol. The molecule has 3 rings (SSSR count). The van der Waals surface area contributed by atoms with Crippen molar-refractivity contribution in [2.24, 2.45) is 5.92 Å². The zero-order valence-corrected chi connectivity index (χ0v) is 18.6. The zero-order chi connectivity index (χ0) is 22.2. The van der Waals surface area contributed by atoms with Crippen LogP contribution in [0.1, 0.15) is 43.1 Å². The van der Waals surface area contributed by atoms with Gasteiger partial charge in [-0.2, -0.15) is 0 Å². The van der Waals surface area contributed by atoms with Crippen LogP contribution in [-0.4, -0.2) is 48.5 Å². The third-order valence-corrected chi connectivity index (χ3v) is 5.53. The highest BCUT2D eigenvalue weighted by Crippen LogP contribution is 2.15. The molecule has 1 aliphatic rings. The third kappa shape index (κ3) is 6.56. The van der Waals surface area contributed by atoms with Crippen molar-refractivity contribution in [2.75, 3.05) is 19.7 Å². The number of nitrogens with one attached hydrogen (secondary N) is 2. The van der Waals surface area contributed by atoms with Gasteiger partial charge in [0, 0.05) is 31.2 Å². The number of benzene rings is 2. The predicted molar refractivity (Wildman–Crippen MR) is 122 cm³/mol. The molecule has 2 amide bonds. The Hall–Kier alpha value is -2.86. The van der Waals surface area contributed by atoms with Gasteiger partial charge in [0.1, 0.15) is 11.8 Å². The van der Waals surface area contributed by atoms with Gasteiger partial charge in [-0.15, -0.1) is 0 Å². The molecule has 2 aromatic rings. The summed E-state index contributed by atoms with van der Waals surface area (Å²) in [6.07, 6.45) is 0.913. The number of ether oxygens (including phenoxy) is 1. The Labute approximate surface area is 185 Å². The average Bonchev–Trinajstić information content (AvgIpc) is 3.19. The van der Waals surface area contributed by atoms with Crippen molar-refractivity contribution in [1.82, 2.24) is 15.5 Å². The second kappa shape index (κ2) is 11.0. The van der Waals surface area contributed by atoms with Crippen LogP contribution in [0.5, 0.6) is 5.75 Å². The van der Waals surface area contributed by atoms with Crippen LogP contribution in [0.25, 0.3) is 0 Å². The van der Waals surface area contributed by atoms with Gasteiger partial charge in [0.05, 0.1) is 6.61 Å². The van der Waals surface area contributed by atoms with E-state index in [-0.39, 0.29) is 23.8 Å². The lowest BCUT2D eigenvalue weighted by atomic mass is 10.0. The maximum absolute atomic E-state index is 12.9. The summed E-state index contributed by atoms with van der Waals surface area (Å²) in [6, 6.07) is 16.8. The van der Waals surface area contributed by atoms with Crippen LogP contribution < -0.4 is 15.4 Å². The van der Waals surface area contributed by atoms with Crippen LogP contribution in [0, 0.1) is 5.92 Å². The van der Waals surface area contributed by atoms with Gasteiger partial charge in [0.2, 0.25) is 5.91 Å². The molecule has 0 aliphatic carbocycles. The summed E-state index contributed by atoms with van der Waals surface area (Å²) in [5.74, 6) is 0.321. The number of hydrogen-bond donors (Lipinski definition) is 2. The van der Waals surface area contributed by atoms with E-state index >= 15 is 0 Å². The molecule has 2 unspecified atom stereocenters. The first-order valence-corrected chi connectivity index (χ1v) is 11.1. The molecule has 0 radical (unpaired) electrons. The standard InChI is InChI=1S/C25H33N3O3/c1-4-31-22-12-10-20(11-13-22)24(29)27-23(18(2)3)25(30)26-21-14-15-28(17-21)16-19-8-6-5-7-9-19/h5-13,18,21,23H,4,14-17H2,1-3H3,(H,26,30)(H,27,29). The first-order chi connectivity index (χ1) is 15.0. The lowest BCUT2D eigenvalue weighted by molar-refractivity contribution is -0.124. The minimum Gasteiger partial charge on any atom is -0.494 e. The Morgan fingerprint density at radius 3 is 2.45 bits per heavy atom. The normalized spacial score (nSPS) is 17.4. The highest BCUT2D eigenvalue weighted by molar-refractivity contribution is 5.97. The number of carbonyl (C=O) groups excluding carboxylic acids is 2. The van der Waals surface area contributed by atoms with Gasteiger partial charge in [0.25, 0.3) is 5.91 Å². The van der Waals surface area contributed by atoms with E-state index in [4.69, 9.17) is 4.74 Å². The van der Waals surface area contributed by atoms with Gasteiger partial charge < -0.3 is 15.4 Å². The molecular formula is C25H33N3O3. The van der Waals surface area contributed by atoms with Crippen molar-refractivity contribution in [3.8, 4) is 5.75 Å². The fourth-order valence-corrected chi connectivity index (χ4v) is 3.86. The van der Waals surface area contributed by atoms with Crippen LogP contribution in [-0.2, 0) is 11.3 Å². The third-order valence-electron chi connectivity index (χ3n) is 5.53. The van der Waals surface area contributed by atoms with E-state index in [0.717, 1.165) is 31.8 Å². The van der Waals surface area contributed by atoms with Crippen LogP contribution >= 0.6 is 0 Å². The Morgan fingerprint density at radius 2 is 1.81 bits per heavy atom. The molecule has 2 N–H and O–H groups in total. The summed E-state index contributed by atoms with van der Waals surface area (Å²) in [4.78, 5) is 28.0. The van der Waals surface area contributed by atoms with Crippen molar-refractivity contribution in [2.45, 2.75) is 45.8 Å². The largest absolute Gasteiger partial charge is 0.494 e. The van der Waals surface area contributed by atoms with Crippen molar-refractivity contribution in [1.29, 1.82) is 0 Å². The van der Waals surface area contributed by atoms with Crippen molar-refractivity contribution >= 4 is 11.8 Å². The quantitative estimate of drug-likeness (QED) is 0.650. The van der Waals surface area contributed by atoms with Gasteiger partial charge in [-0.05, 0) is 49.1 Å². The number of nitrogens with zero attached hydrogens (tertiary/aromatic N) is 1. The number of likely N-dealkylation sites (tertiary alicyclic amines) is 1. The molecule has 2 aromatic carbocycles. The van der Waals surface area contributed by atoms with E-state index in [2.05, 4.69) is 27.7 Å². The topological polar surface area (TPSA) is 70.7 Å². The second-order valence-corrected chi connectivity index (χ2v) is 8.37. The molecule has 1 fully saturated rings. The molecule has 31 heavy (non-hydrogen) atoms. The molecule has 1 heterocycles. The summed E-state index contributed by atoms with van der Waals surface area (Å²) in [5.41, 5.74) is 1.79. The summed E-state index contributed by atoms with van der Waals surface area (Å²) in [5, 5.41) is 6.05. The molecule has 0 aromatic heterocycles. The van der Waals surface area contributed by atoms with Gasteiger partial charge >= 0.3 is 0 Å². The van der Waals surface area contributed by atoms with Crippen LogP contribution in [0.15, 0.2) is 54.6 Å². The van der Waals surface area contributed by atoms with E-state index < -0.39 is 6.04 Å². The lowest BCUT2D eigenvalue weighted by Gasteiger charge is -2.24. The Bertz CT molecular complexity index is 852. The summed E-state index contributed by atoms with van der Waals surface area (Å²) in [6.45, 7) is 9.03. The lowest BCUT2D eigenvalue weighted by Crippen LogP contribution is -2.52. The number of rotatable bonds is 9. The van der Waals surface area contributed by atoms with Gasteiger partial charge in [-0.1, -0.05) is 44.2 Å². The summed E-state index contributed by atoms with van der Waals surface area (Å²) in [7, 11) is 0. The number of carbonyl (C=O) groups is 2. The summed E-state index contributed by atoms with van der Waals surface area (Å²) >= 11 is 0. The van der Waals surface area contributed by atoms with Gasteiger partial charge in [-0.25, -0.2) is 0 Å². The highest BCUT2D eigenvalue weighted by atomic mass is 16.5. The highest BCUT2D eigenvalue weighted by Gasteiger charge is 2.29. The summed E-state index contributed by atoms with van der Waals surface area (Å²) < 4.78 is 5.42. The smallest absolute Gasteiger partial charge is 0.251 e. The monoisotopic (exact) mass is 423 g/mol. The van der Waals surface area contributed by atoms with E-state index in [1.54, 1.807) is 24.3 Å². The second-order valence-electron chi connectivity index (χ2n) is 8.37. The number of hydrogen-bond acceptors (Lipinski definition) is 4. The minimum atomic E-state index is -0.581. The van der Waals surface area contributed by atoms with E-state index in [0.29, 0.717) is 12.2 Å². The molecule has 0 bridgehead atoms. The van der Waals surface area contributed by atoms with Crippen LogP contribution in [0.2, 0.25) is 0 Å². The molecule has 0 spiro atoms. The molecule has 2 atom stereocenters. The molecule has 1 aliphatic heterocycles. The Balaban J connectivity index is 1.53. The van der Waals surface area contributed by atoms with Crippen LogP contribution in [0.4, 0.5) is 0 Å². The maximum atomic E-state index is 12.9. The minimum absolute atomic E-state index is 0.0199. The molecule has 6 heteroatoms. The van der Waals surface area contributed by atoms with E-state index in [1.807, 2.05) is 39.0 Å². The van der Waals surface area contributed by atoms with Gasteiger partial charge in [-0.3, -0.25) is 14.5 Å². The number of amides is 2.